The SMILES string of the molecule is Nn1c(SCC(=O)c2ccc(Cl)cc2)nnc1-c1ccc(Cl)cc1. The first-order valence-corrected chi connectivity index (χ1v) is 8.67. The molecule has 0 fully saturated rings. The van der Waals surface area contributed by atoms with Gasteiger partial charge >= 0.3 is 0 Å². The molecule has 2 N–H and O–H groups in total. The number of thioether (sulfide) groups is 1. The highest BCUT2D eigenvalue weighted by atomic mass is 35.5. The number of benzene rings is 2. The van der Waals surface area contributed by atoms with Crippen molar-refractivity contribution in [3.05, 3.63) is 64.1 Å². The van der Waals surface area contributed by atoms with Crippen molar-refractivity contribution in [2.75, 3.05) is 11.6 Å². The Kier molecular flexibility index (Phi) is 5.08. The molecule has 0 aliphatic heterocycles. The summed E-state index contributed by atoms with van der Waals surface area (Å²) in [7, 11) is 0. The summed E-state index contributed by atoms with van der Waals surface area (Å²) >= 11 is 12.9. The predicted molar refractivity (Wildman–Crippen MR) is 97.1 cm³/mol. The number of Topliss-reactive ketones (excluding diaryl/α,β-unsaturated/α-hetero) is 1. The van der Waals surface area contributed by atoms with Crippen LogP contribution in [0, 0.1) is 0 Å². The molecule has 0 aliphatic rings. The van der Waals surface area contributed by atoms with Gasteiger partial charge in [-0.1, -0.05) is 35.0 Å². The number of aromatic nitrogens is 3. The Hall–Kier alpha value is -2.02. The molecule has 3 rings (SSSR count). The number of hydrogen-bond donors (Lipinski definition) is 1. The number of nitrogens with two attached hydrogens (primary N) is 1. The van der Waals surface area contributed by atoms with Crippen molar-refractivity contribution in [2.24, 2.45) is 0 Å². The van der Waals surface area contributed by atoms with Gasteiger partial charge in [0.25, 0.3) is 0 Å². The average molecular weight is 379 g/mol. The van der Waals surface area contributed by atoms with Crippen LogP contribution < -0.4 is 5.84 Å². The van der Waals surface area contributed by atoms with Gasteiger partial charge in [0, 0.05) is 21.2 Å². The van der Waals surface area contributed by atoms with Crippen LogP contribution in [0.25, 0.3) is 11.4 Å². The Labute approximate surface area is 152 Å². The van der Waals surface area contributed by atoms with Gasteiger partial charge in [-0.05, 0) is 48.5 Å². The first-order chi connectivity index (χ1) is 11.5. The lowest BCUT2D eigenvalue weighted by Crippen LogP contribution is -2.12. The van der Waals surface area contributed by atoms with Gasteiger partial charge in [0.2, 0.25) is 5.16 Å². The van der Waals surface area contributed by atoms with E-state index in [1.54, 1.807) is 36.4 Å². The Bertz CT molecular complexity index is 863. The van der Waals surface area contributed by atoms with Crippen molar-refractivity contribution < 1.29 is 4.79 Å². The molecule has 24 heavy (non-hydrogen) atoms. The maximum absolute atomic E-state index is 12.2. The number of hydrogen-bond acceptors (Lipinski definition) is 5. The average Bonchev–Trinajstić information content (AvgIpc) is 2.95. The molecule has 1 aromatic heterocycles. The van der Waals surface area contributed by atoms with Crippen molar-refractivity contribution in [2.45, 2.75) is 5.16 Å². The lowest BCUT2D eigenvalue weighted by molar-refractivity contribution is 0.102. The van der Waals surface area contributed by atoms with E-state index in [-0.39, 0.29) is 11.5 Å². The van der Waals surface area contributed by atoms with E-state index in [0.717, 1.165) is 5.56 Å². The van der Waals surface area contributed by atoms with Gasteiger partial charge in [-0.3, -0.25) is 4.79 Å². The second-order valence-electron chi connectivity index (χ2n) is 4.90. The van der Waals surface area contributed by atoms with E-state index in [4.69, 9.17) is 29.0 Å². The summed E-state index contributed by atoms with van der Waals surface area (Å²) in [5.74, 6) is 6.71. The number of ketones is 1. The van der Waals surface area contributed by atoms with E-state index in [2.05, 4.69) is 10.2 Å². The number of nitrogen functional groups attached to an aromatic ring is 1. The Morgan fingerprint density at radius 3 is 2.21 bits per heavy atom. The summed E-state index contributed by atoms with van der Waals surface area (Å²) in [4.78, 5) is 12.2. The quantitative estimate of drug-likeness (QED) is 0.413. The molecule has 8 heteroatoms. The molecular formula is C16H12Cl2N4OS. The smallest absolute Gasteiger partial charge is 0.210 e. The van der Waals surface area contributed by atoms with Gasteiger partial charge in [-0.25, -0.2) is 4.68 Å². The van der Waals surface area contributed by atoms with Crippen LogP contribution in [-0.4, -0.2) is 26.4 Å². The lowest BCUT2D eigenvalue weighted by Gasteiger charge is -2.04. The highest BCUT2D eigenvalue weighted by molar-refractivity contribution is 7.99. The first kappa shape index (κ1) is 16.8. The number of carbonyl (C=O) groups excluding carboxylic acids is 1. The van der Waals surface area contributed by atoms with E-state index >= 15 is 0 Å². The van der Waals surface area contributed by atoms with Crippen LogP contribution in [0.4, 0.5) is 0 Å². The summed E-state index contributed by atoms with van der Waals surface area (Å²) < 4.78 is 1.36. The first-order valence-electron chi connectivity index (χ1n) is 6.92. The maximum atomic E-state index is 12.2. The van der Waals surface area contributed by atoms with Gasteiger partial charge in [0.15, 0.2) is 11.6 Å². The van der Waals surface area contributed by atoms with Gasteiger partial charge in [-0.2, -0.15) is 0 Å². The molecule has 3 aromatic rings. The van der Waals surface area contributed by atoms with Gasteiger partial charge in [0.05, 0.1) is 5.75 Å². The molecule has 0 atom stereocenters. The summed E-state index contributed by atoms with van der Waals surface area (Å²) in [5, 5.41) is 9.79. The predicted octanol–water partition coefficient (Wildman–Crippen LogP) is 3.94. The topological polar surface area (TPSA) is 73.8 Å². The zero-order chi connectivity index (χ0) is 17.1. The number of carbonyl (C=O) groups is 1. The second-order valence-corrected chi connectivity index (χ2v) is 6.72. The third kappa shape index (κ3) is 3.72. The summed E-state index contributed by atoms with van der Waals surface area (Å²) in [6.45, 7) is 0. The molecule has 1 heterocycles. The highest BCUT2D eigenvalue weighted by Crippen LogP contribution is 2.23. The van der Waals surface area contributed by atoms with Crippen LogP contribution in [0.3, 0.4) is 0 Å². The normalized spacial score (nSPS) is 10.8. The molecule has 0 saturated carbocycles. The molecule has 0 unspecified atom stereocenters. The van der Waals surface area contributed by atoms with Crippen LogP contribution in [-0.2, 0) is 0 Å². The van der Waals surface area contributed by atoms with Crippen molar-refractivity contribution in [3.8, 4) is 11.4 Å². The Morgan fingerprint density at radius 2 is 1.58 bits per heavy atom. The molecule has 0 amide bonds. The molecule has 0 radical (unpaired) electrons. The number of halogens is 2. The third-order valence-electron chi connectivity index (χ3n) is 3.27. The monoisotopic (exact) mass is 378 g/mol. The van der Waals surface area contributed by atoms with Gasteiger partial charge in [0.1, 0.15) is 0 Å². The lowest BCUT2D eigenvalue weighted by atomic mass is 10.1. The van der Waals surface area contributed by atoms with Crippen LogP contribution in [0.1, 0.15) is 10.4 Å². The number of nitrogens with zero attached hydrogens (tertiary/aromatic N) is 3. The van der Waals surface area contributed by atoms with Crippen molar-refractivity contribution in [1.29, 1.82) is 0 Å². The largest absolute Gasteiger partial charge is 0.335 e. The summed E-state index contributed by atoms with van der Waals surface area (Å²) in [6.07, 6.45) is 0. The molecule has 0 saturated heterocycles. The Morgan fingerprint density at radius 1 is 1.00 bits per heavy atom. The van der Waals surface area contributed by atoms with E-state index in [1.807, 2.05) is 12.1 Å². The molecule has 0 bridgehead atoms. The van der Waals surface area contributed by atoms with E-state index in [0.29, 0.717) is 26.6 Å². The summed E-state index contributed by atoms with van der Waals surface area (Å²) in [5.41, 5.74) is 1.39. The van der Waals surface area contributed by atoms with Crippen molar-refractivity contribution in [1.82, 2.24) is 14.9 Å². The number of rotatable bonds is 5. The van der Waals surface area contributed by atoms with Crippen LogP contribution in [0.2, 0.25) is 10.0 Å². The standard InChI is InChI=1S/C16H12Cl2N4OS/c17-12-5-1-10(2-6-12)14(23)9-24-16-21-20-15(22(16)19)11-3-7-13(18)8-4-11/h1-8H,9,19H2. The van der Waals surface area contributed by atoms with Crippen LogP contribution >= 0.6 is 35.0 Å². The Balaban J connectivity index is 1.71. The van der Waals surface area contributed by atoms with Gasteiger partial charge in [-0.15, -0.1) is 10.2 Å². The third-order valence-corrected chi connectivity index (χ3v) is 4.71. The minimum Gasteiger partial charge on any atom is -0.335 e. The van der Waals surface area contributed by atoms with Gasteiger partial charge < -0.3 is 5.84 Å². The van der Waals surface area contributed by atoms with E-state index in [9.17, 15) is 4.79 Å². The van der Waals surface area contributed by atoms with Crippen LogP contribution in [0.15, 0.2) is 53.7 Å². The second kappa shape index (κ2) is 7.25. The zero-order valence-corrected chi connectivity index (χ0v) is 14.6. The minimum atomic E-state index is -0.0345. The molecule has 2 aromatic carbocycles. The molecule has 122 valence electrons. The van der Waals surface area contributed by atoms with E-state index in [1.165, 1.54) is 16.4 Å². The fraction of sp³-hybridized carbons (Fsp3) is 0.0625. The fourth-order valence-corrected chi connectivity index (χ4v) is 3.02. The van der Waals surface area contributed by atoms with Crippen molar-refractivity contribution >= 4 is 40.7 Å². The maximum Gasteiger partial charge on any atom is 0.210 e. The van der Waals surface area contributed by atoms with Crippen LogP contribution in [0.5, 0.6) is 0 Å². The minimum absolute atomic E-state index is 0.0345. The van der Waals surface area contributed by atoms with Crippen molar-refractivity contribution in [3.63, 3.8) is 0 Å². The summed E-state index contributed by atoms with van der Waals surface area (Å²) in [6, 6.07) is 13.9. The highest BCUT2D eigenvalue weighted by Gasteiger charge is 2.14. The molecular weight excluding hydrogens is 367 g/mol. The zero-order valence-electron chi connectivity index (χ0n) is 12.3. The molecule has 0 aliphatic carbocycles. The fourth-order valence-electron chi connectivity index (χ4n) is 2.02. The van der Waals surface area contributed by atoms with E-state index < -0.39 is 0 Å². The molecule has 0 spiro atoms. The molecule has 5 nitrogen and oxygen atoms in total.